The molecule has 2 rings (SSSR count). The second-order valence-corrected chi connectivity index (χ2v) is 7.98. The highest BCUT2D eigenvalue weighted by atomic mass is 16.6. The van der Waals surface area contributed by atoms with Crippen molar-refractivity contribution in [3.63, 3.8) is 0 Å². The van der Waals surface area contributed by atoms with Crippen LogP contribution in [0.5, 0.6) is 0 Å². The van der Waals surface area contributed by atoms with Crippen molar-refractivity contribution >= 4 is 18.0 Å². The molecule has 0 heterocycles. The minimum absolute atomic E-state index is 0.131. The van der Waals surface area contributed by atoms with Gasteiger partial charge < -0.3 is 20.5 Å². The number of ether oxygens (including phenoxy) is 1. The Morgan fingerprint density at radius 1 is 0.833 bits per heavy atom. The normalized spacial score (nSPS) is 13.0. The van der Waals surface area contributed by atoms with Gasteiger partial charge in [-0.3, -0.25) is 4.79 Å². The van der Waals surface area contributed by atoms with Gasteiger partial charge in [-0.1, -0.05) is 60.7 Å². The molecule has 2 aromatic rings. The largest absolute Gasteiger partial charge is 0.480 e. The Bertz CT molecular complexity index is 847. The lowest BCUT2D eigenvalue weighted by molar-refractivity contribution is -0.142. The Morgan fingerprint density at radius 2 is 1.30 bits per heavy atom. The molecule has 3 N–H and O–H groups in total. The van der Waals surface area contributed by atoms with Gasteiger partial charge >= 0.3 is 12.1 Å². The molecule has 7 nitrogen and oxygen atoms in total. The van der Waals surface area contributed by atoms with Gasteiger partial charge in [-0.05, 0) is 31.9 Å². The Labute approximate surface area is 176 Å². The number of hydrogen-bond donors (Lipinski definition) is 3. The fourth-order valence-corrected chi connectivity index (χ4v) is 2.83. The third-order valence-electron chi connectivity index (χ3n) is 4.19. The smallest absolute Gasteiger partial charge is 0.408 e. The first-order valence-corrected chi connectivity index (χ1v) is 9.74. The maximum absolute atomic E-state index is 12.9. The Morgan fingerprint density at radius 3 is 1.73 bits per heavy atom. The lowest BCUT2D eigenvalue weighted by Crippen LogP contribution is -2.53. The number of alkyl carbamates (subject to hydrolysis) is 1. The number of rotatable bonds is 8. The molecule has 0 radical (unpaired) electrons. The molecular weight excluding hydrogens is 384 g/mol. The van der Waals surface area contributed by atoms with E-state index in [0.29, 0.717) is 0 Å². The molecule has 0 aromatic heterocycles. The van der Waals surface area contributed by atoms with Crippen LogP contribution in [-0.4, -0.2) is 40.8 Å². The number of carboxylic acid groups (broad SMARTS) is 1. The van der Waals surface area contributed by atoms with Gasteiger partial charge in [-0.2, -0.15) is 0 Å². The maximum atomic E-state index is 12.9. The topological polar surface area (TPSA) is 105 Å². The van der Waals surface area contributed by atoms with Crippen molar-refractivity contribution in [2.45, 2.75) is 51.3 Å². The Kier molecular flexibility index (Phi) is 7.98. The predicted octanol–water partition coefficient (Wildman–Crippen LogP) is 2.93. The molecule has 0 aliphatic rings. The molecule has 0 fully saturated rings. The number of carbonyl (C=O) groups excluding carboxylic acids is 2. The maximum Gasteiger partial charge on any atom is 0.408 e. The molecule has 0 aliphatic heterocycles. The van der Waals surface area contributed by atoms with Crippen LogP contribution in [0.3, 0.4) is 0 Å². The van der Waals surface area contributed by atoms with Gasteiger partial charge in [0.2, 0.25) is 5.91 Å². The quantitative estimate of drug-likeness (QED) is 0.618. The molecule has 2 atom stereocenters. The predicted molar refractivity (Wildman–Crippen MR) is 113 cm³/mol. The molecule has 2 aromatic carbocycles. The van der Waals surface area contributed by atoms with E-state index in [2.05, 4.69) is 10.6 Å². The molecule has 30 heavy (non-hydrogen) atoms. The van der Waals surface area contributed by atoms with Gasteiger partial charge in [-0.25, -0.2) is 9.59 Å². The molecule has 7 heteroatoms. The van der Waals surface area contributed by atoms with Crippen LogP contribution in [0.2, 0.25) is 0 Å². The van der Waals surface area contributed by atoms with E-state index in [0.717, 1.165) is 11.1 Å². The first-order chi connectivity index (χ1) is 14.1. The summed E-state index contributed by atoms with van der Waals surface area (Å²) >= 11 is 0. The lowest BCUT2D eigenvalue weighted by Gasteiger charge is -2.24. The number of hydrogen-bond acceptors (Lipinski definition) is 4. The van der Waals surface area contributed by atoms with Crippen LogP contribution in [-0.2, 0) is 27.2 Å². The zero-order valence-electron chi connectivity index (χ0n) is 17.4. The van der Waals surface area contributed by atoms with Crippen molar-refractivity contribution in [1.29, 1.82) is 0 Å². The van der Waals surface area contributed by atoms with Gasteiger partial charge in [0.25, 0.3) is 0 Å². The number of amides is 2. The summed E-state index contributed by atoms with van der Waals surface area (Å²) in [6, 6.07) is 16.1. The van der Waals surface area contributed by atoms with Gasteiger partial charge in [0, 0.05) is 12.8 Å². The number of nitrogens with one attached hydrogen (secondary N) is 2. The van der Waals surface area contributed by atoms with E-state index in [4.69, 9.17) is 4.74 Å². The van der Waals surface area contributed by atoms with Crippen molar-refractivity contribution < 1.29 is 24.2 Å². The van der Waals surface area contributed by atoms with E-state index in [1.807, 2.05) is 36.4 Å². The number of benzene rings is 2. The summed E-state index contributed by atoms with van der Waals surface area (Å²) in [6.07, 6.45) is -0.413. The van der Waals surface area contributed by atoms with Gasteiger partial charge in [0.05, 0.1) is 0 Å². The van der Waals surface area contributed by atoms with Crippen LogP contribution >= 0.6 is 0 Å². The second kappa shape index (κ2) is 10.4. The molecule has 0 saturated carbocycles. The average Bonchev–Trinajstić information content (AvgIpc) is 2.67. The molecule has 0 saturated heterocycles. The number of carbonyl (C=O) groups is 3. The lowest BCUT2D eigenvalue weighted by atomic mass is 10.0. The van der Waals surface area contributed by atoms with Crippen LogP contribution in [0.25, 0.3) is 0 Å². The summed E-state index contributed by atoms with van der Waals surface area (Å²) in [6.45, 7) is 5.16. The highest BCUT2D eigenvalue weighted by Gasteiger charge is 2.28. The van der Waals surface area contributed by atoms with Crippen molar-refractivity contribution in [3.05, 3.63) is 71.8 Å². The second-order valence-electron chi connectivity index (χ2n) is 7.98. The van der Waals surface area contributed by atoms with E-state index in [1.165, 1.54) is 0 Å². The summed E-state index contributed by atoms with van der Waals surface area (Å²) in [5.74, 6) is -1.74. The fourth-order valence-electron chi connectivity index (χ4n) is 2.83. The standard InChI is InChI=1S/C23H28N2O5/c1-23(2,3)30-22(29)25-18(14-16-10-6-4-7-11-16)20(26)24-19(21(27)28)15-17-12-8-5-9-13-17/h4-13,18-19H,14-15H2,1-3H3,(H,24,26)(H,25,29)(H,27,28). The number of carboxylic acids is 1. The Balaban J connectivity index is 2.14. The zero-order chi connectivity index (χ0) is 22.1. The van der Waals surface area contributed by atoms with Crippen LogP contribution in [0.1, 0.15) is 31.9 Å². The minimum Gasteiger partial charge on any atom is -0.480 e. The highest BCUT2D eigenvalue weighted by Crippen LogP contribution is 2.10. The van der Waals surface area contributed by atoms with Crippen molar-refractivity contribution in [1.82, 2.24) is 10.6 Å². The molecule has 160 valence electrons. The third-order valence-corrected chi connectivity index (χ3v) is 4.19. The van der Waals surface area contributed by atoms with E-state index in [-0.39, 0.29) is 12.8 Å². The summed E-state index contributed by atoms with van der Waals surface area (Å²) in [7, 11) is 0. The van der Waals surface area contributed by atoms with Gasteiger partial charge in [-0.15, -0.1) is 0 Å². The highest BCUT2D eigenvalue weighted by molar-refractivity contribution is 5.89. The summed E-state index contributed by atoms with van der Waals surface area (Å²) in [5.41, 5.74) is 0.878. The molecule has 0 bridgehead atoms. The Hall–Kier alpha value is -3.35. The van der Waals surface area contributed by atoms with Crippen molar-refractivity contribution in [2.75, 3.05) is 0 Å². The number of aliphatic carboxylic acids is 1. The SMILES string of the molecule is CC(C)(C)OC(=O)NC(Cc1ccccc1)C(=O)NC(Cc1ccccc1)C(=O)O. The van der Waals surface area contributed by atoms with Crippen LogP contribution < -0.4 is 10.6 Å². The summed E-state index contributed by atoms with van der Waals surface area (Å²) in [5, 5.41) is 14.7. The molecular formula is C23H28N2O5. The average molecular weight is 412 g/mol. The molecule has 0 spiro atoms. The molecule has 0 aliphatic carbocycles. The first kappa shape index (κ1) is 22.9. The summed E-state index contributed by atoms with van der Waals surface area (Å²) < 4.78 is 5.26. The van der Waals surface area contributed by atoms with Gasteiger partial charge in [0.15, 0.2) is 0 Å². The van der Waals surface area contributed by atoms with E-state index in [9.17, 15) is 19.5 Å². The molecule has 2 unspecified atom stereocenters. The van der Waals surface area contributed by atoms with Crippen LogP contribution in [0.4, 0.5) is 4.79 Å². The monoisotopic (exact) mass is 412 g/mol. The van der Waals surface area contributed by atoms with E-state index >= 15 is 0 Å². The van der Waals surface area contributed by atoms with Crippen LogP contribution in [0, 0.1) is 0 Å². The third kappa shape index (κ3) is 7.95. The summed E-state index contributed by atoms with van der Waals surface area (Å²) in [4.78, 5) is 36.9. The van der Waals surface area contributed by atoms with Crippen LogP contribution in [0.15, 0.2) is 60.7 Å². The first-order valence-electron chi connectivity index (χ1n) is 9.74. The van der Waals surface area contributed by atoms with Gasteiger partial charge in [0.1, 0.15) is 17.7 Å². The molecule has 2 amide bonds. The van der Waals surface area contributed by atoms with Crippen molar-refractivity contribution in [2.24, 2.45) is 0 Å². The van der Waals surface area contributed by atoms with E-state index < -0.39 is 35.7 Å². The van der Waals surface area contributed by atoms with E-state index in [1.54, 1.807) is 45.0 Å². The minimum atomic E-state index is -1.15. The van der Waals surface area contributed by atoms with Crippen molar-refractivity contribution in [3.8, 4) is 0 Å². The zero-order valence-corrected chi connectivity index (χ0v) is 17.4. The fraction of sp³-hybridized carbons (Fsp3) is 0.348.